The molecule has 0 N–H and O–H groups in total. The van der Waals surface area contributed by atoms with E-state index >= 15 is 0 Å². The minimum Gasteiger partial charge on any atom is -0.454 e. The van der Waals surface area contributed by atoms with E-state index in [1.54, 1.807) is 12.1 Å². The van der Waals surface area contributed by atoms with Gasteiger partial charge in [0.15, 0.2) is 6.61 Å². The van der Waals surface area contributed by atoms with Gasteiger partial charge in [0.2, 0.25) is 15.8 Å². The fourth-order valence-corrected chi connectivity index (χ4v) is 5.36. The molecule has 0 aliphatic carbocycles. The number of nitrogens with zero attached hydrogens (tertiary/aromatic N) is 2. The lowest BCUT2D eigenvalue weighted by Crippen LogP contribution is -2.34. The average Bonchev–Trinajstić information content (AvgIpc) is 3.13. The zero-order valence-electron chi connectivity index (χ0n) is 17.4. The first-order chi connectivity index (χ1) is 13.5. The van der Waals surface area contributed by atoms with E-state index in [2.05, 4.69) is 0 Å². The predicted octanol–water partition coefficient (Wildman–Crippen LogP) is 2.88. The Morgan fingerprint density at radius 1 is 1.21 bits per heavy atom. The van der Waals surface area contributed by atoms with Crippen LogP contribution in [-0.2, 0) is 27.7 Å². The minimum atomic E-state index is -3.39. The second-order valence-corrected chi connectivity index (χ2v) is 9.34. The molecule has 3 rings (SSSR count). The van der Waals surface area contributed by atoms with Crippen LogP contribution < -0.4 is 4.31 Å². The maximum atomic E-state index is 12.5. The molecule has 8 heteroatoms. The lowest BCUT2D eigenvalue weighted by Gasteiger charge is -2.21. The summed E-state index contributed by atoms with van der Waals surface area (Å²) < 4.78 is 32.6. The van der Waals surface area contributed by atoms with Crippen molar-refractivity contribution < 1.29 is 22.7 Å². The van der Waals surface area contributed by atoms with Gasteiger partial charge in [-0.25, -0.2) is 13.2 Å². The highest BCUT2D eigenvalue weighted by Gasteiger charge is 2.33. The average molecular weight is 419 g/mol. The largest absolute Gasteiger partial charge is 0.454 e. The van der Waals surface area contributed by atoms with E-state index in [0.717, 1.165) is 23.5 Å². The van der Waals surface area contributed by atoms with E-state index in [9.17, 15) is 18.0 Å². The fourth-order valence-electron chi connectivity index (χ4n) is 4.10. The fraction of sp³-hybridized carbons (Fsp3) is 0.429. The van der Waals surface area contributed by atoms with E-state index < -0.39 is 16.0 Å². The van der Waals surface area contributed by atoms with E-state index in [-0.39, 0.29) is 18.4 Å². The van der Waals surface area contributed by atoms with Crippen molar-refractivity contribution in [2.75, 3.05) is 17.2 Å². The summed E-state index contributed by atoms with van der Waals surface area (Å²) in [6, 6.07) is 6.40. The van der Waals surface area contributed by atoms with Crippen molar-refractivity contribution in [1.29, 1.82) is 0 Å². The molecule has 1 aromatic heterocycles. The molecule has 156 valence electrons. The van der Waals surface area contributed by atoms with Gasteiger partial charge in [-0.05, 0) is 63.9 Å². The van der Waals surface area contributed by atoms with Crippen LogP contribution in [0.5, 0.6) is 0 Å². The third kappa shape index (κ3) is 3.94. The van der Waals surface area contributed by atoms with Gasteiger partial charge in [-0.1, -0.05) is 0 Å². The van der Waals surface area contributed by atoms with Crippen molar-refractivity contribution in [2.45, 2.75) is 46.7 Å². The highest BCUT2D eigenvalue weighted by atomic mass is 32.2. The molecule has 0 radical (unpaired) electrons. The summed E-state index contributed by atoms with van der Waals surface area (Å²) >= 11 is 0. The molecule has 0 amide bonds. The Bertz CT molecular complexity index is 1080. The number of esters is 1. The summed E-state index contributed by atoms with van der Waals surface area (Å²) in [6.07, 6.45) is 1.69. The molecule has 0 spiro atoms. The Labute approximate surface area is 171 Å². The number of aromatic nitrogens is 1. The Morgan fingerprint density at radius 2 is 1.90 bits per heavy atom. The number of hydrogen-bond acceptors (Lipinski definition) is 5. The molecule has 7 nitrogen and oxygen atoms in total. The number of aryl methyl sites for hydroxylation is 1. The number of anilines is 1. The summed E-state index contributed by atoms with van der Waals surface area (Å²) in [5, 5.41) is 0. The quantitative estimate of drug-likeness (QED) is 0.532. The number of fused-ring (bicyclic) bond motifs is 1. The Kier molecular flexibility index (Phi) is 5.58. The van der Waals surface area contributed by atoms with Crippen molar-refractivity contribution in [3.05, 3.63) is 52.3 Å². The van der Waals surface area contributed by atoms with Crippen LogP contribution in [0.15, 0.2) is 24.3 Å². The van der Waals surface area contributed by atoms with Crippen LogP contribution in [0.2, 0.25) is 0 Å². The van der Waals surface area contributed by atoms with Crippen molar-refractivity contribution in [3.63, 3.8) is 0 Å². The SMILES string of the molecule is CCn1c(C)cc(C(=O)COC(=O)c2ccc3c(c2)C[C@@H](C)N3S(C)(=O)=O)c1C. The maximum Gasteiger partial charge on any atom is 0.338 e. The minimum absolute atomic E-state index is 0.207. The first kappa shape index (κ1) is 21.1. The molecule has 1 aliphatic heterocycles. The smallest absolute Gasteiger partial charge is 0.338 e. The number of rotatable bonds is 6. The van der Waals surface area contributed by atoms with Crippen LogP contribution in [0.25, 0.3) is 0 Å². The van der Waals surface area contributed by atoms with Gasteiger partial charge < -0.3 is 9.30 Å². The standard InChI is InChI=1S/C21H26N2O5S/c1-6-22-13(2)10-18(15(22)4)20(24)12-28-21(25)16-7-8-19-17(11-16)9-14(3)23(19)29(5,26)27/h7-8,10-11,14H,6,9,12H2,1-5H3/t14-/m1/s1. The third-order valence-electron chi connectivity index (χ3n) is 5.35. The van der Waals surface area contributed by atoms with Crippen LogP contribution in [0.1, 0.15) is 51.5 Å². The molecule has 2 aromatic rings. The van der Waals surface area contributed by atoms with E-state index in [0.29, 0.717) is 23.2 Å². The lowest BCUT2D eigenvalue weighted by molar-refractivity contribution is 0.0474. The van der Waals surface area contributed by atoms with E-state index in [4.69, 9.17) is 4.74 Å². The van der Waals surface area contributed by atoms with Gasteiger partial charge in [-0.2, -0.15) is 0 Å². The maximum absolute atomic E-state index is 12.5. The number of sulfonamides is 1. The van der Waals surface area contributed by atoms with Crippen molar-refractivity contribution in [3.8, 4) is 0 Å². The van der Waals surface area contributed by atoms with Gasteiger partial charge in [-0.3, -0.25) is 9.10 Å². The number of benzene rings is 1. The van der Waals surface area contributed by atoms with Crippen LogP contribution in [0.3, 0.4) is 0 Å². The highest BCUT2D eigenvalue weighted by molar-refractivity contribution is 7.92. The number of carbonyl (C=O) groups is 2. The molecule has 1 atom stereocenters. The van der Waals surface area contributed by atoms with Crippen molar-refractivity contribution in [2.24, 2.45) is 0 Å². The number of carbonyl (C=O) groups excluding carboxylic acids is 2. The zero-order valence-corrected chi connectivity index (χ0v) is 18.2. The summed E-state index contributed by atoms with van der Waals surface area (Å²) in [4.78, 5) is 24.9. The predicted molar refractivity (Wildman–Crippen MR) is 111 cm³/mol. The summed E-state index contributed by atoms with van der Waals surface area (Å²) in [5.74, 6) is -0.847. The van der Waals surface area contributed by atoms with Gasteiger partial charge >= 0.3 is 5.97 Å². The molecule has 29 heavy (non-hydrogen) atoms. The van der Waals surface area contributed by atoms with Gasteiger partial charge in [0, 0.05) is 29.5 Å². The van der Waals surface area contributed by atoms with E-state index in [1.165, 1.54) is 16.6 Å². The van der Waals surface area contributed by atoms with Crippen LogP contribution in [0, 0.1) is 13.8 Å². The molecule has 0 bridgehead atoms. The monoisotopic (exact) mass is 418 g/mol. The molecule has 0 saturated heterocycles. The van der Waals surface area contributed by atoms with Gasteiger partial charge in [0.05, 0.1) is 17.5 Å². The zero-order chi connectivity index (χ0) is 21.5. The molecule has 1 aromatic carbocycles. The second kappa shape index (κ2) is 7.67. The number of hydrogen-bond donors (Lipinski definition) is 0. The second-order valence-electron chi connectivity index (χ2n) is 7.48. The van der Waals surface area contributed by atoms with E-state index in [1.807, 2.05) is 38.3 Å². The van der Waals surface area contributed by atoms with Crippen molar-refractivity contribution in [1.82, 2.24) is 4.57 Å². The Morgan fingerprint density at radius 3 is 2.48 bits per heavy atom. The third-order valence-corrected chi connectivity index (χ3v) is 6.62. The summed E-state index contributed by atoms with van der Waals surface area (Å²) in [6.45, 7) is 8.07. The molecule has 0 unspecified atom stereocenters. The van der Waals surface area contributed by atoms with Crippen LogP contribution >= 0.6 is 0 Å². The summed E-state index contributed by atoms with van der Waals surface area (Å²) in [7, 11) is -3.39. The lowest BCUT2D eigenvalue weighted by atomic mass is 10.1. The summed E-state index contributed by atoms with van der Waals surface area (Å²) in [5.41, 5.74) is 4.07. The Hall–Kier alpha value is -2.61. The number of ether oxygens (including phenoxy) is 1. The van der Waals surface area contributed by atoms with Crippen molar-refractivity contribution >= 4 is 27.5 Å². The molecule has 2 heterocycles. The number of Topliss-reactive ketones (excluding diaryl/α,β-unsaturated/α-hetero) is 1. The normalized spacial score (nSPS) is 16.0. The first-order valence-electron chi connectivity index (χ1n) is 9.54. The highest BCUT2D eigenvalue weighted by Crippen LogP contribution is 2.34. The van der Waals surface area contributed by atoms with Gasteiger partial charge in [0.1, 0.15) is 0 Å². The molecular weight excluding hydrogens is 392 g/mol. The first-order valence-corrected chi connectivity index (χ1v) is 11.4. The molecule has 0 saturated carbocycles. The van der Waals surface area contributed by atoms with Gasteiger partial charge in [0.25, 0.3) is 0 Å². The number of ketones is 1. The Balaban J connectivity index is 1.73. The van der Waals surface area contributed by atoms with Crippen LogP contribution in [0.4, 0.5) is 5.69 Å². The van der Waals surface area contributed by atoms with Crippen LogP contribution in [-0.4, -0.2) is 43.6 Å². The molecule has 1 aliphatic rings. The molecule has 0 fully saturated rings. The van der Waals surface area contributed by atoms with Gasteiger partial charge in [-0.15, -0.1) is 0 Å². The topological polar surface area (TPSA) is 85.7 Å². The molecular formula is C21H26N2O5S.